The smallest absolute Gasteiger partial charge is 1.00 e. The van der Waals surface area contributed by atoms with Gasteiger partial charge in [-0.05, 0) is 11.8 Å². The Morgan fingerprint density at radius 2 is 1.40 bits per heavy atom. The minimum absolute atomic E-state index is 0. The third-order valence-corrected chi connectivity index (χ3v) is 3.31. The van der Waals surface area contributed by atoms with Gasteiger partial charge in [0.1, 0.15) is 0 Å². The van der Waals surface area contributed by atoms with Gasteiger partial charge in [-0.25, -0.2) is 0 Å². The minimum atomic E-state index is 0. The molecule has 0 radical (unpaired) electrons. The average molecular weight is 362 g/mol. The molecule has 0 heterocycles. The Morgan fingerprint density at radius 1 is 0.850 bits per heavy atom. The number of halogens is 3. The van der Waals surface area contributed by atoms with Crippen molar-refractivity contribution in [1.82, 2.24) is 0 Å². The average Bonchev–Trinajstić information content (AvgIpc) is 2.55. The maximum Gasteiger partial charge on any atom is 4.00 e. The predicted molar refractivity (Wildman–Crippen MR) is 72.5 cm³/mol. The van der Waals surface area contributed by atoms with Crippen LogP contribution in [0.4, 0.5) is 0 Å². The second kappa shape index (κ2) is 9.44. The van der Waals surface area contributed by atoms with Crippen molar-refractivity contribution in [2.45, 2.75) is 46.5 Å². The van der Waals surface area contributed by atoms with Crippen LogP contribution in [0.1, 0.15) is 56.2 Å². The second-order valence-corrected chi connectivity index (χ2v) is 5.46. The van der Waals surface area contributed by atoms with Crippen LogP contribution in [0, 0.1) is 6.92 Å². The number of benzene rings is 1. The summed E-state index contributed by atoms with van der Waals surface area (Å²) in [6, 6.07) is 9.35. The van der Waals surface area contributed by atoms with Crippen molar-refractivity contribution in [2.24, 2.45) is 0 Å². The zero-order valence-corrected chi connectivity index (χ0v) is 15.1. The zero-order chi connectivity index (χ0) is 11.9. The summed E-state index contributed by atoms with van der Waals surface area (Å²) in [6.45, 7) is 11.3. The molecule has 0 aromatic heterocycles. The van der Waals surface area contributed by atoms with Gasteiger partial charge in [-0.1, -0.05) is 51.8 Å². The molecule has 0 spiro atoms. The van der Waals surface area contributed by atoms with Crippen molar-refractivity contribution in [1.29, 1.82) is 0 Å². The van der Waals surface area contributed by atoms with E-state index in [1.165, 1.54) is 27.5 Å². The monoisotopic (exact) mass is 360 g/mol. The summed E-state index contributed by atoms with van der Waals surface area (Å²) in [5.74, 6) is 1.21. The molecule has 20 heavy (non-hydrogen) atoms. The summed E-state index contributed by atoms with van der Waals surface area (Å²) in [7, 11) is 0. The van der Waals surface area contributed by atoms with Crippen LogP contribution in [0.3, 0.4) is 0 Å². The molecular formula is C16H21F3Zr. The molecule has 0 aliphatic rings. The molecule has 2 aromatic carbocycles. The van der Waals surface area contributed by atoms with E-state index in [2.05, 4.69) is 58.9 Å². The zero-order valence-electron chi connectivity index (χ0n) is 12.6. The van der Waals surface area contributed by atoms with Crippen LogP contribution < -0.4 is 14.1 Å². The molecule has 2 aromatic rings. The first-order valence-electron chi connectivity index (χ1n) is 6.20. The summed E-state index contributed by atoms with van der Waals surface area (Å²) in [6.07, 6.45) is 0. The van der Waals surface area contributed by atoms with E-state index in [4.69, 9.17) is 0 Å². The predicted octanol–water partition coefficient (Wildman–Crippen LogP) is -3.88. The second-order valence-electron chi connectivity index (χ2n) is 5.46. The molecule has 4 heteroatoms. The van der Waals surface area contributed by atoms with Crippen LogP contribution in [0.5, 0.6) is 0 Å². The van der Waals surface area contributed by atoms with E-state index in [1.807, 2.05) is 0 Å². The molecule has 0 nitrogen and oxygen atoms in total. The van der Waals surface area contributed by atoms with Gasteiger partial charge in [-0.15, -0.1) is 28.5 Å². The largest absolute Gasteiger partial charge is 4.00 e. The molecule has 0 bridgehead atoms. The van der Waals surface area contributed by atoms with Crippen LogP contribution in [-0.2, 0) is 26.2 Å². The third-order valence-electron chi connectivity index (χ3n) is 3.31. The standard InChI is InChI=1S/C16H21.3FH.Zr/c1-10(2)13-8-14-6-12(5)7-16(14)15(9-13)11(3)4;;;;/h6-11H,1-5H3;3*1H;/q-1;;;;+4/p-3. The van der Waals surface area contributed by atoms with Gasteiger partial charge >= 0.3 is 26.2 Å². The maximum absolute atomic E-state index is 2.39. The van der Waals surface area contributed by atoms with E-state index < -0.39 is 0 Å². The van der Waals surface area contributed by atoms with Crippen LogP contribution in [0.15, 0.2) is 24.3 Å². The molecular weight excluding hydrogens is 340 g/mol. The number of rotatable bonds is 2. The first kappa shape index (κ1) is 24.5. The number of fused-ring (bicyclic) bond motifs is 1. The van der Waals surface area contributed by atoms with E-state index in [9.17, 15) is 0 Å². The third kappa shape index (κ3) is 4.80. The fraction of sp³-hybridized carbons (Fsp3) is 0.438. The molecule has 0 unspecified atom stereocenters. The van der Waals surface area contributed by atoms with E-state index in [1.54, 1.807) is 0 Å². The molecule has 2 rings (SSSR count). The van der Waals surface area contributed by atoms with E-state index in [0.717, 1.165) is 0 Å². The first-order valence-corrected chi connectivity index (χ1v) is 6.20. The number of hydrogen-bond acceptors (Lipinski definition) is 0. The Bertz CT molecular complexity index is 516. The van der Waals surface area contributed by atoms with Gasteiger partial charge in [0.25, 0.3) is 0 Å². The Labute approximate surface area is 138 Å². The molecule has 0 atom stereocenters. The van der Waals surface area contributed by atoms with Gasteiger partial charge in [-0.2, -0.15) is 6.07 Å². The van der Waals surface area contributed by atoms with Gasteiger partial charge in [0, 0.05) is 0 Å². The molecule has 110 valence electrons. The van der Waals surface area contributed by atoms with Gasteiger partial charge in [0.05, 0.1) is 0 Å². The SMILES string of the molecule is Cc1cc2c(C(C)C)cc(C(C)C)cc2[cH-]1.[F-].[F-].[F-].[Zr+4]. The van der Waals surface area contributed by atoms with Crippen molar-refractivity contribution in [3.05, 3.63) is 41.0 Å². The van der Waals surface area contributed by atoms with Gasteiger partial charge in [0.15, 0.2) is 0 Å². The Morgan fingerprint density at radius 3 is 1.85 bits per heavy atom. The van der Waals surface area contributed by atoms with Crippen molar-refractivity contribution in [2.75, 3.05) is 0 Å². The van der Waals surface area contributed by atoms with E-state index >= 15 is 0 Å². The first-order chi connectivity index (χ1) is 7.49. The van der Waals surface area contributed by atoms with E-state index in [-0.39, 0.29) is 40.3 Å². The van der Waals surface area contributed by atoms with E-state index in [0.29, 0.717) is 11.8 Å². The topological polar surface area (TPSA) is 0 Å². The summed E-state index contributed by atoms with van der Waals surface area (Å²) >= 11 is 0. The van der Waals surface area contributed by atoms with Crippen molar-refractivity contribution in [3.63, 3.8) is 0 Å². The fourth-order valence-corrected chi connectivity index (χ4v) is 2.33. The molecule has 0 aliphatic heterocycles. The Balaban J connectivity index is -0.000000722. The number of hydrogen-bond donors (Lipinski definition) is 0. The summed E-state index contributed by atoms with van der Waals surface area (Å²) in [5.41, 5.74) is 4.33. The maximum atomic E-state index is 2.39. The molecule has 0 fully saturated rings. The van der Waals surface area contributed by atoms with Crippen molar-refractivity contribution in [3.8, 4) is 0 Å². The van der Waals surface area contributed by atoms with Crippen LogP contribution in [0.25, 0.3) is 10.8 Å². The fourth-order valence-electron chi connectivity index (χ4n) is 2.33. The van der Waals surface area contributed by atoms with Crippen molar-refractivity contribution < 1.29 is 40.3 Å². The Kier molecular flexibility index (Phi) is 11.6. The molecule has 0 amide bonds. The van der Waals surface area contributed by atoms with Crippen molar-refractivity contribution >= 4 is 10.8 Å². The Hall–Kier alpha value is -0.497. The van der Waals surface area contributed by atoms with Crippen LogP contribution in [0.2, 0.25) is 0 Å². The molecule has 0 saturated heterocycles. The van der Waals surface area contributed by atoms with Gasteiger partial charge in [0.2, 0.25) is 0 Å². The van der Waals surface area contributed by atoms with Gasteiger partial charge < -0.3 is 14.1 Å². The normalized spacial score (nSPS) is 9.55. The quantitative estimate of drug-likeness (QED) is 0.480. The van der Waals surface area contributed by atoms with Crippen LogP contribution >= 0.6 is 0 Å². The molecule has 0 aliphatic carbocycles. The van der Waals surface area contributed by atoms with Crippen LogP contribution in [-0.4, -0.2) is 0 Å². The summed E-state index contributed by atoms with van der Waals surface area (Å²) in [4.78, 5) is 0. The minimum Gasteiger partial charge on any atom is -1.00 e. The summed E-state index contributed by atoms with van der Waals surface area (Å²) < 4.78 is 0. The molecule has 0 N–H and O–H groups in total. The summed E-state index contributed by atoms with van der Waals surface area (Å²) in [5, 5.41) is 2.85. The number of aryl methyl sites for hydroxylation is 1. The molecule has 0 saturated carbocycles. The van der Waals surface area contributed by atoms with Gasteiger partial charge in [-0.3, -0.25) is 0 Å².